The summed E-state index contributed by atoms with van der Waals surface area (Å²) in [5.74, 6) is 0.403. The van der Waals surface area contributed by atoms with Crippen LogP contribution in [0, 0.1) is 34.0 Å². The third-order valence-corrected chi connectivity index (χ3v) is 7.55. The van der Waals surface area contributed by atoms with E-state index in [2.05, 4.69) is 41.5 Å². The number of carbonyl (C=O) groups is 2. The minimum Gasteiger partial charge on any atom is -0.458 e. The molecule has 1 saturated heterocycles. The summed E-state index contributed by atoms with van der Waals surface area (Å²) in [5, 5.41) is 0. The van der Waals surface area contributed by atoms with E-state index in [4.69, 9.17) is 9.47 Å². The maximum Gasteiger partial charge on any atom is 0.312 e. The first kappa shape index (κ1) is 18.7. The summed E-state index contributed by atoms with van der Waals surface area (Å²) in [6.07, 6.45) is 3.14. The van der Waals surface area contributed by atoms with Crippen molar-refractivity contribution in [3.63, 3.8) is 0 Å². The zero-order valence-corrected chi connectivity index (χ0v) is 16.8. The predicted octanol–water partition coefficient (Wildman–Crippen LogP) is 4.36. The van der Waals surface area contributed by atoms with E-state index < -0.39 is 5.41 Å². The number of esters is 2. The van der Waals surface area contributed by atoms with Crippen molar-refractivity contribution < 1.29 is 19.1 Å². The molecule has 6 atom stereocenters. The van der Waals surface area contributed by atoms with Crippen LogP contribution in [-0.2, 0) is 19.1 Å². The van der Waals surface area contributed by atoms with Crippen molar-refractivity contribution in [2.24, 2.45) is 34.0 Å². The van der Waals surface area contributed by atoms with Crippen molar-refractivity contribution >= 4 is 11.9 Å². The molecule has 0 aromatic heterocycles. The molecular weight excluding hydrogens is 316 g/mol. The maximum absolute atomic E-state index is 13.3. The van der Waals surface area contributed by atoms with Crippen LogP contribution in [-0.4, -0.2) is 24.1 Å². The quantitative estimate of drug-likeness (QED) is 0.691. The number of hydrogen-bond donors (Lipinski definition) is 0. The molecule has 0 aromatic rings. The lowest BCUT2D eigenvalue weighted by Crippen LogP contribution is -2.48. The Labute approximate surface area is 152 Å². The smallest absolute Gasteiger partial charge is 0.312 e. The molecular formula is C21H34O4. The summed E-state index contributed by atoms with van der Waals surface area (Å²) < 4.78 is 11.6. The van der Waals surface area contributed by atoms with Crippen molar-refractivity contribution in [2.45, 2.75) is 86.4 Å². The van der Waals surface area contributed by atoms with Gasteiger partial charge in [0.1, 0.15) is 12.2 Å². The van der Waals surface area contributed by atoms with Crippen LogP contribution >= 0.6 is 0 Å². The van der Waals surface area contributed by atoms with E-state index in [0.29, 0.717) is 5.92 Å². The second kappa shape index (κ2) is 5.72. The van der Waals surface area contributed by atoms with Crippen molar-refractivity contribution in [1.29, 1.82) is 0 Å². The lowest BCUT2D eigenvalue weighted by atomic mass is 9.60. The van der Waals surface area contributed by atoms with Crippen molar-refractivity contribution in [3.05, 3.63) is 0 Å². The molecule has 0 amide bonds. The van der Waals surface area contributed by atoms with Gasteiger partial charge in [0.25, 0.3) is 0 Å². The summed E-state index contributed by atoms with van der Waals surface area (Å²) >= 11 is 0. The highest BCUT2D eigenvalue weighted by atomic mass is 16.6. The summed E-state index contributed by atoms with van der Waals surface area (Å²) in [4.78, 5) is 25.3. The molecule has 3 fully saturated rings. The molecule has 2 saturated carbocycles. The first-order valence-electron chi connectivity index (χ1n) is 9.81. The fraction of sp³-hybridized carbons (Fsp3) is 0.905. The maximum atomic E-state index is 13.3. The van der Waals surface area contributed by atoms with Crippen LogP contribution in [0.25, 0.3) is 0 Å². The summed E-state index contributed by atoms with van der Waals surface area (Å²) in [6, 6.07) is 0. The molecule has 1 aliphatic heterocycles. The van der Waals surface area contributed by atoms with E-state index in [1.807, 2.05) is 6.92 Å². The Balaban J connectivity index is 1.79. The largest absolute Gasteiger partial charge is 0.458 e. The van der Waals surface area contributed by atoms with Gasteiger partial charge in [-0.1, -0.05) is 48.0 Å². The van der Waals surface area contributed by atoms with Crippen molar-refractivity contribution in [3.8, 4) is 0 Å². The number of carbonyl (C=O) groups excluding carboxylic acids is 2. The molecule has 6 unspecified atom stereocenters. The van der Waals surface area contributed by atoms with Gasteiger partial charge in [-0.3, -0.25) is 9.59 Å². The lowest BCUT2D eigenvalue weighted by Gasteiger charge is -2.45. The standard InChI is InChI=1S/C21H34O4/c1-8-20(5,6)11-21(7,19(2,3)4)18(23)25-15-12-9-13-14(10-12)17(22)24-16(13)15/h12-16H,8-11H2,1-7H3. The van der Waals surface area contributed by atoms with Gasteiger partial charge in [0, 0.05) is 11.8 Å². The second-order valence-electron chi connectivity index (χ2n) is 10.5. The van der Waals surface area contributed by atoms with Gasteiger partial charge in [-0.15, -0.1) is 0 Å². The van der Waals surface area contributed by atoms with E-state index >= 15 is 0 Å². The molecule has 0 N–H and O–H groups in total. The van der Waals surface area contributed by atoms with Gasteiger partial charge < -0.3 is 9.47 Å². The summed E-state index contributed by atoms with van der Waals surface area (Å²) in [5.41, 5.74) is -0.708. The Bertz CT molecular complexity index is 573. The van der Waals surface area contributed by atoms with E-state index in [0.717, 1.165) is 25.7 Å². The predicted molar refractivity (Wildman–Crippen MR) is 95.7 cm³/mol. The molecule has 0 spiro atoms. The summed E-state index contributed by atoms with van der Waals surface area (Å²) in [7, 11) is 0. The molecule has 25 heavy (non-hydrogen) atoms. The number of fused-ring (bicyclic) bond motifs is 1. The van der Waals surface area contributed by atoms with Crippen LogP contribution in [0.4, 0.5) is 0 Å². The Kier molecular flexibility index (Phi) is 4.28. The van der Waals surface area contributed by atoms with Gasteiger partial charge in [-0.25, -0.2) is 0 Å². The molecule has 3 rings (SSSR count). The Morgan fingerprint density at radius 1 is 1.16 bits per heavy atom. The highest BCUT2D eigenvalue weighted by Crippen LogP contribution is 2.56. The average molecular weight is 350 g/mol. The van der Waals surface area contributed by atoms with Crippen LogP contribution in [0.1, 0.15) is 74.1 Å². The zero-order chi connectivity index (χ0) is 18.8. The highest BCUT2D eigenvalue weighted by molar-refractivity contribution is 5.79. The van der Waals surface area contributed by atoms with Gasteiger partial charge >= 0.3 is 11.9 Å². The number of ether oxygens (including phenoxy) is 2. The number of rotatable bonds is 5. The van der Waals surface area contributed by atoms with Crippen LogP contribution in [0.3, 0.4) is 0 Å². The van der Waals surface area contributed by atoms with E-state index in [1.54, 1.807) is 0 Å². The molecule has 3 aliphatic rings. The number of hydrogen-bond acceptors (Lipinski definition) is 4. The molecule has 2 aliphatic carbocycles. The molecule has 4 heteroatoms. The molecule has 0 radical (unpaired) electrons. The van der Waals surface area contributed by atoms with Gasteiger partial charge in [0.15, 0.2) is 0 Å². The minimum absolute atomic E-state index is 0.0537. The van der Waals surface area contributed by atoms with Gasteiger partial charge in [0.2, 0.25) is 0 Å². The Morgan fingerprint density at radius 2 is 1.80 bits per heavy atom. The summed E-state index contributed by atoms with van der Waals surface area (Å²) in [6.45, 7) is 15.0. The highest BCUT2D eigenvalue weighted by Gasteiger charge is 2.64. The van der Waals surface area contributed by atoms with E-state index in [1.165, 1.54) is 0 Å². The van der Waals surface area contributed by atoms with Crippen LogP contribution in [0.2, 0.25) is 0 Å². The Hall–Kier alpha value is -1.06. The third kappa shape index (κ3) is 2.90. The molecule has 142 valence electrons. The monoisotopic (exact) mass is 350 g/mol. The van der Waals surface area contributed by atoms with E-state index in [-0.39, 0.29) is 46.8 Å². The van der Waals surface area contributed by atoms with Crippen LogP contribution < -0.4 is 0 Å². The van der Waals surface area contributed by atoms with Gasteiger partial charge in [0.05, 0.1) is 11.3 Å². The Morgan fingerprint density at radius 3 is 2.36 bits per heavy atom. The van der Waals surface area contributed by atoms with Crippen LogP contribution in [0.5, 0.6) is 0 Å². The topological polar surface area (TPSA) is 52.6 Å². The zero-order valence-electron chi connectivity index (χ0n) is 16.8. The van der Waals surface area contributed by atoms with E-state index in [9.17, 15) is 9.59 Å². The van der Waals surface area contributed by atoms with Crippen molar-refractivity contribution in [2.75, 3.05) is 0 Å². The van der Waals surface area contributed by atoms with Gasteiger partial charge in [-0.2, -0.15) is 0 Å². The average Bonchev–Trinajstić information content (AvgIpc) is 3.10. The first-order chi connectivity index (χ1) is 11.4. The first-order valence-corrected chi connectivity index (χ1v) is 9.81. The molecule has 0 aromatic carbocycles. The molecule has 4 nitrogen and oxygen atoms in total. The lowest BCUT2D eigenvalue weighted by molar-refractivity contribution is -0.180. The molecule has 1 heterocycles. The fourth-order valence-electron chi connectivity index (χ4n) is 5.04. The fourth-order valence-corrected chi connectivity index (χ4v) is 5.04. The third-order valence-electron chi connectivity index (χ3n) is 7.55. The normalized spacial score (nSPS) is 36.3. The minimum atomic E-state index is -0.573. The van der Waals surface area contributed by atoms with Crippen molar-refractivity contribution in [1.82, 2.24) is 0 Å². The second-order valence-corrected chi connectivity index (χ2v) is 10.5. The van der Waals surface area contributed by atoms with Crippen LogP contribution in [0.15, 0.2) is 0 Å². The van der Waals surface area contributed by atoms with Gasteiger partial charge in [-0.05, 0) is 37.0 Å². The SMILES string of the molecule is CCC(C)(C)CC(C)(C(=O)OC1C2CC3C(=O)OC1C3C2)C(C)(C)C. The molecule has 2 bridgehead atoms.